The zero-order valence-electron chi connectivity index (χ0n) is 24.1. The summed E-state index contributed by atoms with van der Waals surface area (Å²) in [5.74, 6) is 1.03. The average Bonchev–Trinajstić information content (AvgIpc) is 3.07. The molecule has 4 heterocycles. The van der Waals surface area contributed by atoms with E-state index in [-0.39, 0.29) is 5.56 Å². The van der Waals surface area contributed by atoms with Gasteiger partial charge >= 0.3 is 5.97 Å². The molecule has 0 amide bonds. The third kappa shape index (κ3) is 6.37. The number of aryl methyl sites for hydroxylation is 1. The van der Waals surface area contributed by atoms with E-state index < -0.39 is 5.97 Å². The second kappa shape index (κ2) is 12.9. The van der Waals surface area contributed by atoms with Gasteiger partial charge in [0.15, 0.2) is 17.1 Å². The Balaban J connectivity index is 0.000000329. The van der Waals surface area contributed by atoms with Gasteiger partial charge in [-0.1, -0.05) is 24.3 Å². The maximum Gasteiger partial charge on any atom is 0.335 e. The van der Waals surface area contributed by atoms with Crippen LogP contribution in [0.4, 0.5) is 0 Å². The van der Waals surface area contributed by atoms with Crippen molar-refractivity contribution in [2.24, 2.45) is 0 Å². The highest BCUT2D eigenvalue weighted by Gasteiger charge is 2.21. The number of carboxylic acids is 1. The van der Waals surface area contributed by atoms with E-state index in [9.17, 15) is 9.59 Å². The van der Waals surface area contributed by atoms with Crippen LogP contribution in [0.15, 0.2) is 83.9 Å². The first-order chi connectivity index (χ1) is 21.5. The number of aromatic nitrogens is 4. The number of hydrogen-bond acceptors (Lipinski definition) is 9. The molecule has 1 atom stereocenters. The third-order valence-corrected chi connectivity index (χ3v) is 7.54. The molecule has 2 aromatic carbocycles. The molecule has 1 aliphatic heterocycles. The van der Waals surface area contributed by atoms with E-state index in [1.165, 1.54) is 17.3 Å². The number of methoxy groups -OCH3 is 1. The fourth-order valence-electron chi connectivity index (χ4n) is 5.31. The Morgan fingerprint density at radius 3 is 2.59 bits per heavy atom. The normalized spacial score (nSPS) is 15.1. The number of carbonyl (C=O) groups is 1. The molecule has 0 saturated carbocycles. The van der Waals surface area contributed by atoms with Gasteiger partial charge in [0, 0.05) is 24.7 Å². The molecule has 7 rings (SSSR count). The van der Waals surface area contributed by atoms with Crippen LogP contribution in [-0.2, 0) is 19.4 Å². The fraction of sp³-hybridized carbons (Fsp3) is 0.242. The summed E-state index contributed by atoms with van der Waals surface area (Å²) in [5, 5.41) is 12.0. The SMILES string of the molecule is COc1ccc2ncc(=O)n(-c3ccc4c(c3)CCC(NCc3cc5c(cn3)OCCO5)C4)c2n1.O=C(O)c1ccccc1. The maximum atomic E-state index is 12.7. The minimum absolute atomic E-state index is 0.222. The van der Waals surface area contributed by atoms with Gasteiger partial charge in [-0.15, -0.1) is 0 Å². The van der Waals surface area contributed by atoms with Gasteiger partial charge in [0.1, 0.15) is 18.7 Å². The van der Waals surface area contributed by atoms with Crippen molar-refractivity contribution < 1.29 is 24.1 Å². The molecular weight excluding hydrogens is 562 g/mol. The lowest BCUT2D eigenvalue weighted by Crippen LogP contribution is -2.34. The predicted molar refractivity (Wildman–Crippen MR) is 163 cm³/mol. The van der Waals surface area contributed by atoms with Gasteiger partial charge in [0.2, 0.25) is 5.88 Å². The number of pyridine rings is 2. The van der Waals surface area contributed by atoms with Crippen molar-refractivity contribution in [3.8, 4) is 23.1 Å². The fourth-order valence-corrected chi connectivity index (χ4v) is 5.31. The molecule has 2 aliphatic rings. The Labute approximate surface area is 253 Å². The Morgan fingerprint density at radius 1 is 1.00 bits per heavy atom. The minimum Gasteiger partial charge on any atom is -0.486 e. The van der Waals surface area contributed by atoms with Crippen LogP contribution >= 0.6 is 0 Å². The molecule has 0 fully saturated rings. The summed E-state index contributed by atoms with van der Waals surface area (Å²) in [6.07, 6.45) is 5.90. The van der Waals surface area contributed by atoms with Crippen molar-refractivity contribution in [2.75, 3.05) is 20.3 Å². The molecule has 11 nitrogen and oxygen atoms in total. The molecule has 0 saturated heterocycles. The highest BCUT2D eigenvalue weighted by atomic mass is 16.6. The monoisotopic (exact) mass is 593 g/mol. The Kier molecular flexibility index (Phi) is 8.46. The molecule has 2 N–H and O–H groups in total. The van der Waals surface area contributed by atoms with Gasteiger partial charge < -0.3 is 24.6 Å². The van der Waals surface area contributed by atoms with Gasteiger partial charge in [-0.2, -0.15) is 4.98 Å². The number of nitrogens with one attached hydrogen (secondary N) is 1. The van der Waals surface area contributed by atoms with Crippen LogP contribution < -0.4 is 25.1 Å². The smallest absolute Gasteiger partial charge is 0.335 e. The van der Waals surface area contributed by atoms with Crippen LogP contribution in [0.3, 0.4) is 0 Å². The number of rotatable bonds is 6. The first-order valence-electron chi connectivity index (χ1n) is 14.3. The summed E-state index contributed by atoms with van der Waals surface area (Å²) in [4.78, 5) is 36.2. The molecule has 0 spiro atoms. The Hall–Kier alpha value is -5.29. The molecule has 0 bridgehead atoms. The Bertz CT molecular complexity index is 1860. The van der Waals surface area contributed by atoms with E-state index in [1.807, 2.05) is 18.2 Å². The lowest BCUT2D eigenvalue weighted by Gasteiger charge is -2.26. The number of carboxylic acid groups (broad SMARTS) is 1. The van der Waals surface area contributed by atoms with E-state index in [2.05, 4.69) is 32.4 Å². The minimum atomic E-state index is -0.879. The van der Waals surface area contributed by atoms with E-state index in [1.54, 1.807) is 54.3 Å². The number of fused-ring (bicyclic) bond motifs is 3. The number of nitrogens with zero attached hydrogens (tertiary/aromatic N) is 4. The molecule has 44 heavy (non-hydrogen) atoms. The average molecular weight is 594 g/mol. The molecular formula is C33H31N5O6. The highest BCUT2D eigenvalue weighted by molar-refractivity contribution is 5.87. The van der Waals surface area contributed by atoms with Crippen LogP contribution in [0, 0.1) is 0 Å². The maximum absolute atomic E-state index is 12.7. The summed E-state index contributed by atoms with van der Waals surface area (Å²) in [6, 6.07) is 20.3. The first kappa shape index (κ1) is 28.8. The summed E-state index contributed by atoms with van der Waals surface area (Å²) in [7, 11) is 1.56. The van der Waals surface area contributed by atoms with Crippen molar-refractivity contribution in [1.82, 2.24) is 24.8 Å². The Morgan fingerprint density at radius 2 is 1.82 bits per heavy atom. The number of aromatic carboxylic acids is 1. The van der Waals surface area contributed by atoms with E-state index >= 15 is 0 Å². The molecule has 0 radical (unpaired) electrons. The summed E-state index contributed by atoms with van der Waals surface area (Å²) >= 11 is 0. The van der Waals surface area contributed by atoms with Crippen LogP contribution in [0.5, 0.6) is 17.4 Å². The van der Waals surface area contributed by atoms with Crippen LogP contribution in [0.1, 0.15) is 33.6 Å². The predicted octanol–water partition coefficient (Wildman–Crippen LogP) is 3.99. The van der Waals surface area contributed by atoms with Crippen LogP contribution in [-0.4, -0.2) is 57.0 Å². The summed E-state index contributed by atoms with van der Waals surface area (Å²) < 4.78 is 18.1. The van der Waals surface area contributed by atoms with Crippen molar-refractivity contribution in [2.45, 2.75) is 31.8 Å². The molecule has 11 heteroatoms. The number of ether oxygens (including phenoxy) is 3. The van der Waals surface area contributed by atoms with Gasteiger partial charge in [-0.3, -0.25) is 14.3 Å². The van der Waals surface area contributed by atoms with E-state index in [0.29, 0.717) is 54.2 Å². The van der Waals surface area contributed by atoms with Gasteiger partial charge in [0.05, 0.1) is 36.4 Å². The van der Waals surface area contributed by atoms with Gasteiger partial charge in [-0.05, 0) is 60.7 Å². The second-order valence-corrected chi connectivity index (χ2v) is 10.4. The topological polar surface area (TPSA) is 138 Å². The van der Waals surface area contributed by atoms with Crippen LogP contribution in [0.25, 0.3) is 16.9 Å². The third-order valence-electron chi connectivity index (χ3n) is 7.54. The van der Waals surface area contributed by atoms with Gasteiger partial charge in [0.25, 0.3) is 5.56 Å². The van der Waals surface area contributed by atoms with Gasteiger partial charge in [-0.25, -0.2) is 9.78 Å². The van der Waals surface area contributed by atoms with Crippen LogP contribution in [0.2, 0.25) is 0 Å². The molecule has 224 valence electrons. The zero-order valence-corrected chi connectivity index (χ0v) is 24.1. The molecule has 3 aromatic heterocycles. The summed E-state index contributed by atoms with van der Waals surface area (Å²) in [6.45, 7) is 1.79. The lowest BCUT2D eigenvalue weighted by molar-refractivity contribution is 0.0697. The lowest BCUT2D eigenvalue weighted by atomic mass is 9.88. The molecule has 1 aliphatic carbocycles. The first-order valence-corrected chi connectivity index (χ1v) is 14.3. The summed E-state index contributed by atoms with van der Waals surface area (Å²) in [5.41, 5.74) is 5.48. The quantitative estimate of drug-likeness (QED) is 0.297. The van der Waals surface area contributed by atoms with E-state index in [4.69, 9.17) is 19.3 Å². The highest BCUT2D eigenvalue weighted by Crippen LogP contribution is 2.30. The standard InChI is InChI=1S/C26H25N5O4.C7H6O2/c1-33-24-7-6-21-26(30-24)31(25(32)15-29-21)20-5-3-16-10-18(4-2-17(16)11-20)27-13-19-12-22-23(14-28-19)35-9-8-34-22;8-7(9)6-4-2-1-3-5-6/h3,5-7,11-12,14-15,18,27H,2,4,8-10,13H2,1H3;1-5H,(H,8,9). The van der Waals surface area contributed by atoms with E-state index in [0.717, 1.165) is 36.4 Å². The van der Waals surface area contributed by atoms with Crippen molar-refractivity contribution in [3.63, 3.8) is 0 Å². The second-order valence-electron chi connectivity index (χ2n) is 10.4. The van der Waals surface area contributed by atoms with Crippen molar-refractivity contribution >= 4 is 17.1 Å². The molecule has 1 unspecified atom stereocenters. The van der Waals surface area contributed by atoms with Crippen molar-refractivity contribution in [3.05, 3.63) is 112 Å². The largest absolute Gasteiger partial charge is 0.486 e. The zero-order chi connectivity index (χ0) is 30.5. The molecule has 5 aromatic rings. The van der Waals surface area contributed by atoms with Crippen molar-refractivity contribution in [1.29, 1.82) is 0 Å². The number of benzene rings is 2. The number of hydrogen-bond donors (Lipinski definition) is 2.